The predicted molar refractivity (Wildman–Crippen MR) is 60.4 cm³/mol. The number of nitrogens with two attached hydrogens (primary N) is 1. The van der Waals surface area contributed by atoms with Crippen LogP contribution in [0.2, 0.25) is 0 Å². The maximum Gasteiger partial charge on any atom is 0.373 e. The van der Waals surface area contributed by atoms with E-state index in [-0.39, 0.29) is 11.8 Å². The van der Waals surface area contributed by atoms with Gasteiger partial charge in [-0.15, -0.1) is 0 Å². The highest BCUT2D eigenvalue weighted by Crippen LogP contribution is 2.37. The van der Waals surface area contributed by atoms with E-state index in [1.165, 1.54) is 13.2 Å². The Morgan fingerprint density at radius 2 is 2.18 bits per heavy atom. The molecule has 1 heterocycles. The van der Waals surface area contributed by atoms with Gasteiger partial charge in [-0.2, -0.15) is 0 Å². The standard InChI is InChI=1S/C12H17NO4/c1-16-11(14)9-2-3-10(17-9)12(15)6-4-8(13)5-7-12/h2-3,8,15H,4-7,13H2,1H3. The Morgan fingerprint density at radius 3 is 2.76 bits per heavy atom. The molecule has 0 aromatic carbocycles. The van der Waals surface area contributed by atoms with Gasteiger partial charge in [-0.25, -0.2) is 4.79 Å². The summed E-state index contributed by atoms with van der Waals surface area (Å²) in [4.78, 5) is 11.2. The number of carbonyl (C=O) groups excluding carboxylic acids is 1. The fourth-order valence-electron chi connectivity index (χ4n) is 2.16. The molecule has 1 saturated carbocycles. The maximum absolute atomic E-state index is 11.2. The van der Waals surface area contributed by atoms with Crippen molar-refractivity contribution in [3.05, 3.63) is 23.7 Å². The van der Waals surface area contributed by atoms with Crippen molar-refractivity contribution in [2.24, 2.45) is 5.73 Å². The molecule has 0 spiro atoms. The number of methoxy groups -OCH3 is 1. The van der Waals surface area contributed by atoms with E-state index in [1.807, 2.05) is 0 Å². The third kappa shape index (κ3) is 2.35. The fraction of sp³-hybridized carbons (Fsp3) is 0.583. The highest BCUT2D eigenvalue weighted by atomic mass is 16.5. The van der Waals surface area contributed by atoms with Gasteiger partial charge in [0.05, 0.1) is 7.11 Å². The van der Waals surface area contributed by atoms with Gasteiger partial charge in [0.25, 0.3) is 0 Å². The van der Waals surface area contributed by atoms with Crippen LogP contribution in [0.5, 0.6) is 0 Å². The molecule has 0 atom stereocenters. The zero-order chi connectivity index (χ0) is 12.5. The monoisotopic (exact) mass is 239 g/mol. The zero-order valence-electron chi connectivity index (χ0n) is 9.81. The van der Waals surface area contributed by atoms with Crippen molar-refractivity contribution < 1.29 is 19.1 Å². The SMILES string of the molecule is COC(=O)c1ccc(C2(O)CCC(N)CC2)o1. The van der Waals surface area contributed by atoms with Gasteiger partial charge in [-0.3, -0.25) is 0 Å². The van der Waals surface area contributed by atoms with Crippen LogP contribution < -0.4 is 5.73 Å². The molecule has 1 aliphatic rings. The van der Waals surface area contributed by atoms with Gasteiger partial charge >= 0.3 is 5.97 Å². The number of hydrogen-bond donors (Lipinski definition) is 2. The van der Waals surface area contributed by atoms with Crippen molar-refractivity contribution in [3.63, 3.8) is 0 Å². The fourth-order valence-corrected chi connectivity index (χ4v) is 2.16. The molecule has 1 fully saturated rings. The molecule has 1 aliphatic carbocycles. The van der Waals surface area contributed by atoms with Crippen molar-refractivity contribution in [2.45, 2.75) is 37.3 Å². The molecule has 5 nitrogen and oxygen atoms in total. The van der Waals surface area contributed by atoms with Crippen LogP contribution in [0.25, 0.3) is 0 Å². The van der Waals surface area contributed by atoms with Gasteiger partial charge in [0.2, 0.25) is 5.76 Å². The summed E-state index contributed by atoms with van der Waals surface area (Å²) >= 11 is 0. The summed E-state index contributed by atoms with van der Waals surface area (Å²) in [6.45, 7) is 0. The number of esters is 1. The first kappa shape index (κ1) is 12.1. The van der Waals surface area contributed by atoms with Gasteiger partial charge in [0.1, 0.15) is 11.4 Å². The van der Waals surface area contributed by atoms with Gasteiger partial charge in [0.15, 0.2) is 0 Å². The van der Waals surface area contributed by atoms with E-state index in [9.17, 15) is 9.90 Å². The smallest absolute Gasteiger partial charge is 0.373 e. The molecule has 0 saturated heterocycles. The lowest BCUT2D eigenvalue weighted by Gasteiger charge is -2.32. The normalized spacial score (nSPS) is 29.0. The molecular formula is C12H17NO4. The summed E-state index contributed by atoms with van der Waals surface area (Å²) < 4.78 is 9.90. The molecule has 0 bridgehead atoms. The zero-order valence-corrected chi connectivity index (χ0v) is 9.81. The van der Waals surface area contributed by atoms with E-state index in [1.54, 1.807) is 6.07 Å². The first-order chi connectivity index (χ1) is 8.05. The first-order valence-electron chi connectivity index (χ1n) is 5.72. The number of furan rings is 1. The predicted octanol–water partition coefficient (Wildman–Crippen LogP) is 1.16. The Kier molecular flexibility index (Phi) is 3.22. The summed E-state index contributed by atoms with van der Waals surface area (Å²) in [5.74, 6) is 0.00274. The average Bonchev–Trinajstić information content (AvgIpc) is 2.82. The van der Waals surface area contributed by atoms with Crippen LogP contribution in [0.4, 0.5) is 0 Å². The lowest BCUT2D eigenvalue weighted by Crippen LogP contribution is -2.36. The van der Waals surface area contributed by atoms with Crippen LogP contribution in [0.3, 0.4) is 0 Å². The van der Waals surface area contributed by atoms with Crippen LogP contribution in [-0.2, 0) is 10.3 Å². The second-order valence-corrected chi connectivity index (χ2v) is 4.52. The van der Waals surface area contributed by atoms with Crippen LogP contribution in [0.1, 0.15) is 42.0 Å². The van der Waals surface area contributed by atoms with E-state index in [2.05, 4.69) is 4.74 Å². The number of hydrogen-bond acceptors (Lipinski definition) is 5. The quantitative estimate of drug-likeness (QED) is 0.756. The van der Waals surface area contributed by atoms with Gasteiger partial charge in [-0.1, -0.05) is 0 Å². The third-order valence-electron chi connectivity index (χ3n) is 3.31. The number of carbonyl (C=O) groups is 1. The molecule has 94 valence electrons. The highest BCUT2D eigenvalue weighted by molar-refractivity contribution is 5.86. The number of aliphatic hydroxyl groups is 1. The molecule has 2 rings (SSSR count). The lowest BCUT2D eigenvalue weighted by atomic mass is 9.81. The summed E-state index contributed by atoms with van der Waals surface area (Å²) in [7, 11) is 1.29. The largest absolute Gasteiger partial charge is 0.463 e. The number of ether oxygens (including phenoxy) is 1. The summed E-state index contributed by atoms with van der Waals surface area (Å²) in [5.41, 5.74) is 4.80. The van der Waals surface area contributed by atoms with Gasteiger partial charge in [0, 0.05) is 6.04 Å². The maximum atomic E-state index is 11.2. The number of rotatable bonds is 2. The minimum atomic E-state index is -0.998. The molecule has 0 amide bonds. The Bertz CT molecular complexity index is 404. The van der Waals surface area contributed by atoms with E-state index in [0.717, 1.165) is 12.8 Å². The summed E-state index contributed by atoms with van der Waals surface area (Å²) in [5, 5.41) is 10.4. The van der Waals surface area contributed by atoms with Gasteiger partial charge < -0.3 is 20.0 Å². The van der Waals surface area contributed by atoms with Crippen LogP contribution in [-0.4, -0.2) is 24.2 Å². The molecule has 1 aromatic rings. The summed E-state index contributed by atoms with van der Waals surface area (Å²) in [6, 6.07) is 3.29. The molecule has 3 N–H and O–H groups in total. The highest BCUT2D eigenvalue weighted by Gasteiger charge is 2.37. The Labute approximate surface area is 99.5 Å². The van der Waals surface area contributed by atoms with E-state index >= 15 is 0 Å². The van der Waals surface area contributed by atoms with Crippen molar-refractivity contribution >= 4 is 5.97 Å². The summed E-state index contributed by atoms with van der Waals surface area (Å²) in [6.07, 6.45) is 2.63. The van der Waals surface area contributed by atoms with Crippen LogP contribution in [0, 0.1) is 0 Å². The second kappa shape index (κ2) is 4.50. The lowest BCUT2D eigenvalue weighted by molar-refractivity contribution is -0.0246. The second-order valence-electron chi connectivity index (χ2n) is 4.52. The molecular weight excluding hydrogens is 222 g/mol. The molecule has 1 aromatic heterocycles. The van der Waals surface area contributed by atoms with Gasteiger partial charge in [-0.05, 0) is 37.8 Å². The van der Waals surface area contributed by atoms with Crippen molar-refractivity contribution in [1.29, 1.82) is 0 Å². The molecule has 0 aliphatic heterocycles. The first-order valence-corrected chi connectivity index (χ1v) is 5.72. The van der Waals surface area contributed by atoms with Crippen molar-refractivity contribution in [1.82, 2.24) is 0 Å². The molecule has 5 heteroatoms. The Balaban J connectivity index is 2.16. The van der Waals surface area contributed by atoms with Crippen molar-refractivity contribution in [3.8, 4) is 0 Å². The minimum absolute atomic E-state index is 0.116. The van der Waals surface area contributed by atoms with E-state index in [4.69, 9.17) is 10.2 Å². The van der Waals surface area contributed by atoms with Crippen LogP contribution >= 0.6 is 0 Å². The topological polar surface area (TPSA) is 85.7 Å². The van der Waals surface area contributed by atoms with E-state index < -0.39 is 11.6 Å². The van der Waals surface area contributed by atoms with E-state index in [0.29, 0.717) is 18.6 Å². The minimum Gasteiger partial charge on any atom is -0.463 e. The Morgan fingerprint density at radius 1 is 1.53 bits per heavy atom. The molecule has 0 unspecified atom stereocenters. The molecule has 0 radical (unpaired) electrons. The van der Waals surface area contributed by atoms with Crippen LogP contribution in [0.15, 0.2) is 16.5 Å². The Hall–Kier alpha value is -1.33. The van der Waals surface area contributed by atoms with Crippen molar-refractivity contribution in [2.75, 3.05) is 7.11 Å². The molecule has 17 heavy (non-hydrogen) atoms. The third-order valence-corrected chi connectivity index (χ3v) is 3.31. The average molecular weight is 239 g/mol.